The molecule has 16 heavy (non-hydrogen) atoms. The number of rotatable bonds is 6. The van der Waals surface area contributed by atoms with Gasteiger partial charge in [-0.2, -0.15) is 0 Å². The van der Waals surface area contributed by atoms with E-state index in [1.165, 1.54) is 0 Å². The summed E-state index contributed by atoms with van der Waals surface area (Å²) in [5, 5.41) is 18.4. The largest absolute Gasteiger partial charge is 0.488 e. The molecule has 0 amide bonds. The first-order chi connectivity index (χ1) is 7.65. The van der Waals surface area contributed by atoms with Crippen molar-refractivity contribution in [2.24, 2.45) is 5.73 Å². The Morgan fingerprint density at radius 3 is 2.62 bits per heavy atom. The summed E-state index contributed by atoms with van der Waals surface area (Å²) in [6.07, 6.45) is 0.945. The summed E-state index contributed by atoms with van der Waals surface area (Å²) in [5.74, 6) is 0. The van der Waals surface area contributed by atoms with Crippen LogP contribution >= 0.6 is 0 Å². The number of benzene rings is 1. The third-order valence-electron chi connectivity index (χ3n) is 2.52. The highest BCUT2D eigenvalue weighted by molar-refractivity contribution is 6.59. The molecule has 4 nitrogen and oxygen atoms in total. The number of hydrogen-bond acceptors (Lipinski definition) is 4. The van der Waals surface area contributed by atoms with E-state index in [4.69, 9.17) is 5.73 Å². The van der Waals surface area contributed by atoms with Crippen molar-refractivity contribution < 1.29 is 10.0 Å². The zero-order valence-electron chi connectivity index (χ0n) is 9.63. The SMILES string of the molecule is CN(CCCN)Cc1ccccc1B(O)O. The van der Waals surface area contributed by atoms with Crippen LogP contribution in [-0.4, -0.2) is 42.2 Å². The van der Waals surface area contributed by atoms with Crippen LogP contribution in [0.3, 0.4) is 0 Å². The lowest BCUT2D eigenvalue weighted by Crippen LogP contribution is -2.35. The van der Waals surface area contributed by atoms with Crippen molar-refractivity contribution in [2.45, 2.75) is 13.0 Å². The first-order valence-electron chi connectivity index (χ1n) is 5.47. The second-order valence-electron chi connectivity index (χ2n) is 3.95. The van der Waals surface area contributed by atoms with Crippen molar-refractivity contribution in [1.82, 2.24) is 4.90 Å². The van der Waals surface area contributed by atoms with Crippen molar-refractivity contribution in [3.8, 4) is 0 Å². The second-order valence-corrected chi connectivity index (χ2v) is 3.95. The highest BCUT2D eigenvalue weighted by atomic mass is 16.4. The first kappa shape index (κ1) is 13.2. The van der Waals surface area contributed by atoms with Gasteiger partial charge >= 0.3 is 7.12 Å². The average molecular weight is 222 g/mol. The number of nitrogens with zero attached hydrogens (tertiary/aromatic N) is 1. The molecule has 1 rings (SSSR count). The molecule has 0 aliphatic rings. The van der Waals surface area contributed by atoms with E-state index in [-0.39, 0.29) is 0 Å². The monoisotopic (exact) mass is 222 g/mol. The summed E-state index contributed by atoms with van der Waals surface area (Å²) in [5.41, 5.74) is 6.95. The van der Waals surface area contributed by atoms with E-state index in [0.717, 1.165) is 18.5 Å². The zero-order valence-corrected chi connectivity index (χ0v) is 9.63. The lowest BCUT2D eigenvalue weighted by Gasteiger charge is -2.18. The van der Waals surface area contributed by atoms with Gasteiger partial charge in [0.1, 0.15) is 0 Å². The topological polar surface area (TPSA) is 69.7 Å². The summed E-state index contributed by atoms with van der Waals surface area (Å²) in [6.45, 7) is 2.29. The van der Waals surface area contributed by atoms with Crippen LogP contribution in [-0.2, 0) is 6.54 Å². The Morgan fingerprint density at radius 2 is 2.00 bits per heavy atom. The molecule has 0 saturated heterocycles. The Morgan fingerprint density at radius 1 is 1.31 bits per heavy atom. The van der Waals surface area contributed by atoms with Gasteiger partial charge in [0.2, 0.25) is 0 Å². The van der Waals surface area contributed by atoms with Crippen LogP contribution in [0.2, 0.25) is 0 Å². The van der Waals surface area contributed by atoms with Crippen molar-refractivity contribution in [3.63, 3.8) is 0 Å². The summed E-state index contributed by atoms with van der Waals surface area (Å²) < 4.78 is 0. The van der Waals surface area contributed by atoms with Crippen molar-refractivity contribution in [1.29, 1.82) is 0 Å². The van der Waals surface area contributed by atoms with Crippen LogP contribution in [0.25, 0.3) is 0 Å². The minimum absolute atomic E-state index is 0.571. The molecule has 0 unspecified atom stereocenters. The smallest absolute Gasteiger partial charge is 0.423 e. The molecule has 0 spiro atoms. The molecule has 0 fully saturated rings. The highest BCUT2D eigenvalue weighted by Crippen LogP contribution is 2.01. The molecule has 0 bridgehead atoms. The van der Waals surface area contributed by atoms with E-state index in [1.54, 1.807) is 12.1 Å². The van der Waals surface area contributed by atoms with Gasteiger partial charge in [-0.15, -0.1) is 0 Å². The first-order valence-corrected chi connectivity index (χ1v) is 5.47. The molecule has 4 N–H and O–H groups in total. The van der Waals surface area contributed by atoms with Gasteiger partial charge in [0.15, 0.2) is 0 Å². The third kappa shape index (κ3) is 3.94. The predicted octanol–water partition coefficient (Wildman–Crippen LogP) is -0.853. The third-order valence-corrected chi connectivity index (χ3v) is 2.52. The standard InChI is InChI=1S/C11H19BN2O2/c1-14(8-4-7-13)9-10-5-2-3-6-11(10)12(15)16/h2-3,5-6,15-16H,4,7-9,13H2,1H3. The second kappa shape index (κ2) is 6.65. The van der Waals surface area contributed by atoms with Gasteiger partial charge in [0.05, 0.1) is 0 Å². The molecule has 1 aromatic rings. The molecule has 0 saturated carbocycles. The van der Waals surface area contributed by atoms with Crippen LogP contribution in [0.1, 0.15) is 12.0 Å². The molecular formula is C11H19BN2O2. The minimum Gasteiger partial charge on any atom is -0.423 e. The summed E-state index contributed by atoms with van der Waals surface area (Å²) in [6, 6.07) is 7.35. The number of hydrogen-bond donors (Lipinski definition) is 3. The van der Waals surface area contributed by atoms with Gasteiger partial charge in [-0.3, -0.25) is 0 Å². The summed E-state index contributed by atoms with van der Waals surface area (Å²) >= 11 is 0. The molecule has 0 heterocycles. The fourth-order valence-corrected chi connectivity index (χ4v) is 1.66. The maximum absolute atomic E-state index is 9.21. The summed E-state index contributed by atoms with van der Waals surface area (Å²) in [4.78, 5) is 2.12. The van der Waals surface area contributed by atoms with Gasteiger partial charge in [0, 0.05) is 6.54 Å². The Balaban J connectivity index is 2.65. The fourth-order valence-electron chi connectivity index (χ4n) is 1.66. The van der Waals surface area contributed by atoms with E-state index in [9.17, 15) is 10.0 Å². The van der Waals surface area contributed by atoms with Gasteiger partial charge in [-0.25, -0.2) is 0 Å². The van der Waals surface area contributed by atoms with E-state index in [2.05, 4.69) is 4.90 Å². The lowest BCUT2D eigenvalue weighted by atomic mass is 9.77. The minimum atomic E-state index is -1.40. The summed E-state index contributed by atoms with van der Waals surface area (Å²) in [7, 11) is 0.593. The van der Waals surface area contributed by atoms with Gasteiger partial charge < -0.3 is 20.7 Å². The lowest BCUT2D eigenvalue weighted by molar-refractivity contribution is 0.324. The van der Waals surface area contributed by atoms with Gasteiger partial charge in [0.25, 0.3) is 0 Å². The molecule has 0 aliphatic carbocycles. The van der Waals surface area contributed by atoms with Crippen LogP contribution in [0, 0.1) is 0 Å². The normalized spacial score (nSPS) is 10.8. The predicted molar refractivity (Wildman–Crippen MR) is 66.3 cm³/mol. The Kier molecular flexibility index (Phi) is 5.48. The Hall–Kier alpha value is -0.875. The molecule has 1 aromatic carbocycles. The van der Waals surface area contributed by atoms with Crippen molar-refractivity contribution >= 4 is 12.6 Å². The molecule has 0 radical (unpaired) electrons. The molecule has 0 aliphatic heterocycles. The maximum Gasteiger partial charge on any atom is 0.488 e. The van der Waals surface area contributed by atoms with Crippen molar-refractivity contribution in [3.05, 3.63) is 29.8 Å². The average Bonchev–Trinajstić information content (AvgIpc) is 2.27. The molecular weight excluding hydrogens is 203 g/mol. The van der Waals surface area contributed by atoms with Crippen LogP contribution in [0.4, 0.5) is 0 Å². The highest BCUT2D eigenvalue weighted by Gasteiger charge is 2.15. The maximum atomic E-state index is 9.21. The molecule has 88 valence electrons. The van der Waals surface area contributed by atoms with Crippen LogP contribution in [0.5, 0.6) is 0 Å². The molecule has 0 aromatic heterocycles. The van der Waals surface area contributed by atoms with E-state index in [0.29, 0.717) is 18.6 Å². The van der Waals surface area contributed by atoms with Crippen LogP contribution in [0.15, 0.2) is 24.3 Å². The van der Waals surface area contributed by atoms with E-state index >= 15 is 0 Å². The van der Waals surface area contributed by atoms with Gasteiger partial charge in [-0.1, -0.05) is 24.3 Å². The Labute approximate surface area is 96.8 Å². The van der Waals surface area contributed by atoms with Gasteiger partial charge in [-0.05, 0) is 37.6 Å². The molecule has 0 atom stereocenters. The Bertz CT molecular complexity index is 321. The quantitative estimate of drug-likeness (QED) is 0.548. The molecule has 5 heteroatoms. The van der Waals surface area contributed by atoms with E-state index in [1.807, 2.05) is 19.2 Å². The fraction of sp³-hybridized carbons (Fsp3) is 0.455. The van der Waals surface area contributed by atoms with Crippen molar-refractivity contribution in [2.75, 3.05) is 20.1 Å². The number of nitrogens with two attached hydrogens (primary N) is 1. The van der Waals surface area contributed by atoms with E-state index < -0.39 is 7.12 Å². The zero-order chi connectivity index (χ0) is 12.0. The van der Waals surface area contributed by atoms with Crippen LogP contribution < -0.4 is 11.2 Å².